The van der Waals surface area contributed by atoms with Crippen molar-refractivity contribution in [2.45, 2.75) is 57.8 Å². The first-order chi connectivity index (χ1) is 5.43. The quantitative estimate of drug-likeness (QED) is 0.521. The van der Waals surface area contributed by atoms with Crippen molar-refractivity contribution in [3.63, 3.8) is 0 Å². The van der Waals surface area contributed by atoms with Gasteiger partial charge in [-0.3, -0.25) is 4.90 Å². The molecule has 0 saturated carbocycles. The fraction of sp³-hybridized carbons (Fsp3) is 1.00. The standard InChI is InChI=1S/C10H21NSi/c1-8-9(2)12-7-6-11(8)10(3,4)5/h8-9H,6-7H2,1-5H3. The molecule has 1 saturated heterocycles. The molecule has 2 heteroatoms. The average molecular weight is 183 g/mol. The van der Waals surface area contributed by atoms with Gasteiger partial charge in [0.1, 0.15) is 0 Å². The molecule has 1 aliphatic rings. The molecule has 1 rings (SSSR count). The molecule has 70 valence electrons. The fourth-order valence-electron chi connectivity index (χ4n) is 2.00. The summed E-state index contributed by atoms with van der Waals surface area (Å²) in [7, 11) is 1.18. The normalized spacial score (nSPS) is 33.8. The fourth-order valence-corrected chi connectivity index (χ4v) is 3.35. The Hall–Kier alpha value is 0.177. The highest BCUT2D eigenvalue weighted by atomic mass is 28.2. The van der Waals surface area contributed by atoms with Crippen LogP contribution in [-0.4, -0.2) is 32.5 Å². The van der Waals surface area contributed by atoms with Crippen molar-refractivity contribution in [2.24, 2.45) is 0 Å². The number of nitrogens with zero attached hydrogens (tertiary/aromatic N) is 1. The van der Waals surface area contributed by atoms with E-state index in [1.165, 1.54) is 22.1 Å². The van der Waals surface area contributed by atoms with Gasteiger partial charge in [0, 0.05) is 21.1 Å². The molecule has 0 N–H and O–H groups in total. The summed E-state index contributed by atoms with van der Waals surface area (Å²) in [6.07, 6.45) is 0. The summed E-state index contributed by atoms with van der Waals surface area (Å²) in [5.41, 5.74) is 1.26. The maximum atomic E-state index is 2.65. The van der Waals surface area contributed by atoms with Gasteiger partial charge in [-0.1, -0.05) is 6.92 Å². The topological polar surface area (TPSA) is 3.24 Å². The van der Waals surface area contributed by atoms with Crippen LogP contribution in [0.3, 0.4) is 0 Å². The van der Waals surface area contributed by atoms with Crippen LogP contribution < -0.4 is 0 Å². The molecule has 1 aliphatic heterocycles. The number of hydrogen-bond donors (Lipinski definition) is 0. The summed E-state index contributed by atoms with van der Waals surface area (Å²) in [4.78, 5) is 2.65. The molecule has 2 atom stereocenters. The lowest BCUT2D eigenvalue weighted by molar-refractivity contribution is 0.0877. The molecule has 2 radical (unpaired) electrons. The van der Waals surface area contributed by atoms with Gasteiger partial charge in [0.05, 0.1) is 0 Å². The molecule has 0 aromatic carbocycles. The minimum absolute atomic E-state index is 0.360. The van der Waals surface area contributed by atoms with Crippen LogP contribution in [0.15, 0.2) is 0 Å². The maximum absolute atomic E-state index is 2.65. The average Bonchev–Trinajstić information content (AvgIpc) is 1.92. The summed E-state index contributed by atoms with van der Waals surface area (Å²) in [6, 6.07) is 2.18. The van der Waals surface area contributed by atoms with Crippen molar-refractivity contribution in [1.82, 2.24) is 4.90 Å². The van der Waals surface area contributed by atoms with Gasteiger partial charge in [-0.2, -0.15) is 0 Å². The summed E-state index contributed by atoms with van der Waals surface area (Å²) in [5.74, 6) is 0. The molecule has 2 unspecified atom stereocenters. The summed E-state index contributed by atoms with van der Waals surface area (Å²) in [6.45, 7) is 13.0. The SMILES string of the molecule is CC1[Si]CCN(C(C)(C)C)C1C. The lowest BCUT2D eigenvalue weighted by Crippen LogP contribution is -2.52. The van der Waals surface area contributed by atoms with Gasteiger partial charge in [-0.15, -0.1) is 0 Å². The van der Waals surface area contributed by atoms with Gasteiger partial charge in [0.2, 0.25) is 0 Å². The van der Waals surface area contributed by atoms with Crippen LogP contribution in [0.25, 0.3) is 0 Å². The Bertz CT molecular complexity index is 150. The Morgan fingerprint density at radius 1 is 1.25 bits per heavy atom. The van der Waals surface area contributed by atoms with Crippen LogP contribution in [0.5, 0.6) is 0 Å². The zero-order valence-electron chi connectivity index (χ0n) is 9.02. The molecule has 1 heterocycles. The molecule has 1 nitrogen and oxygen atoms in total. The van der Waals surface area contributed by atoms with Crippen LogP contribution in [-0.2, 0) is 0 Å². The molecule has 0 aromatic rings. The van der Waals surface area contributed by atoms with E-state index in [0.29, 0.717) is 5.54 Å². The molecule has 0 bridgehead atoms. The third-order valence-electron chi connectivity index (χ3n) is 2.90. The van der Waals surface area contributed by atoms with Gasteiger partial charge < -0.3 is 0 Å². The van der Waals surface area contributed by atoms with E-state index in [-0.39, 0.29) is 0 Å². The summed E-state index contributed by atoms with van der Waals surface area (Å²) in [5, 5.41) is 0. The summed E-state index contributed by atoms with van der Waals surface area (Å²) < 4.78 is 0. The zero-order valence-corrected chi connectivity index (χ0v) is 10.0. The first-order valence-electron chi connectivity index (χ1n) is 4.93. The van der Waals surface area contributed by atoms with Crippen molar-refractivity contribution in [1.29, 1.82) is 0 Å². The van der Waals surface area contributed by atoms with Crippen molar-refractivity contribution in [3.8, 4) is 0 Å². The second kappa shape index (κ2) is 3.50. The van der Waals surface area contributed by atoms with E-state index in [1.807, 2.05) is 0 Å². The number of rotatable bonds is 0. The lowest BCUT2D eigenvalue weighted by Gasteiger charge is -2.46. The molecule has 0 spiro atoms. The third-order valence-corrected chi connectivity index (χ3v) is 4.53. The van der Waals surface area contributed by atoms with Gasteiger partial charge in [-0.25, -0.2) is 0 Å². The van der Waals surface area contributed by atoms with E-state index in [2.05, 4.69) is 39.5 Å². The molecule has 0 amide bonds. The summed E-state index contributed by atoms with van der Waals surface area (Å²) >= 11 is 0. The van der Waals surface area contributed by atoms with Crippen molar-refractivity contribution >= 4 is 9.52 Å². The molecule has 0 aromatic heterocycles. The van der Waals surface area contributed by atoms with E-state index in [1.54, 1.807) is 0 Å². The number of hydrogen-bond acceptors (Lipinski definition) is 1. The van der Waals surface area contributed by atoms with E-state index >= 15 is 0 Å². The Labute approximate surface area is 79.4 Å². The molecule has 12 heavy (non-hydrogen) atoms. The molecule has 1 fully saturated rings. The predicted octanol–water partition coefficient (Wildman–Crippen LogP) is 2.42. The van der Waals surface area contributed by atoms with Gasteiger partial charge in [-0.05, 0) is 45.8 Å². The highest BCUT2D eigenvalue weighted by Crippen LogP contribution is 2.28. The Morgan fingerprint density at radius 3 is 2.25 bits per heavy atom. The van der Waals surface area contributed by atoms with Crippen molar-refractivity contribution in [2.75, 3.05) is 6.54 Å². The Morgan fingerprint density at radius 2 is 1.83 bits per heavy atom. The predicted molar refractivity (Wildman–Crippen MR) is 55.9 cm³/mol. The smallest absolute Gasteiger partial charge is 0.0442 e. The largest absolute Gasteiger partial charge is 0.296 e. The van der Waals surface area contributed by atoms with Crippen LogP contribution in [0.1, 0.15) is 34.6 Å². The van der Waals surface area contributed by atoms with Crippen LogP contribution >= 0.6 is 0 Å². The van der Waals surface area contributed by atoms with E-state index in [9.17, 15) is 0 Å². The van der Waals surface area contributed by atoms with Crippen LogP contribution in [0.2, 0.25) is 11.6 Å². The molecular formula is C10H21NSi. The van der Waals surface area contributed by atoms with Crippen LogP contribution in [0.4, 0.5) is 0 Å². The monoisotopic (exact) mass is 183 g/mol. The zero-order chi connectivity index (χ0) is 9.35. The Kier molecular flexibility index (Phi) is 3.00. The molecule has 0 aliphatic carbocycles. The minimum Gasteiger partial charge on any atom is -0.296 e. The van der Waals surface area contributed by atoms with Crippen molar-refractivity contribution < 1.29 is 0 Å². The third kappa shape index (κ3) is 2.11. The first-order valence-corrected chi connectivity index (χ1v) is 6.21. The second-order valence-electron chi connectivity index (χ2n) is 4.85. The maximum Gasteiger partial charge on any atom is 0.0442 e. The van der Waals surface area contributed by atoms with Crippen LogP contribution in [0, 0.1) is 0 Å². The highest BCUT2D eigenvalue weighted by molar-refractivity contribution is 6.38. The highest BCUT2D eigenvalue weighted by Gasteiger charge is 2.32. The Balaban J connectivity index is 2.64. The van der Waals surface area contributed by atoms with Gasteiger partial charge in [0.25, 0.3) is 0 Å². The second-order valence-corrected chi connectivity index (χ2v) is 6.67. The van der Waals surface area contributed by atoms with E-state index in [4.69, 9.17) is 0 Å². The first kappa shape index (κ1) is 10.3. The van der Waals surface area contributed by atoms with E-state index in [0.717, 1.165) is 11.6 Å². The van der Waals surface area contributed by atoms with Gasteiger partial charge >= 0.3 is 0 Å². The van der Waals surface area contributed by atoms with Crippen molar-refractivity contribution in [3.05, 3.63) is 0 Å². The lowest BCUT2D eigenvalue weighted by atomic mass is 10.0. The molecular weight excluding hydrogens is 162 g/mol. The van der Waals surface area contributed by atoms with E-state index < -0.39 is 0 Å². The van der Waals surface area contributed by atoms with Gasteiger partial charge in [0.15, 0.2) is 0 Å². The minimum atomic E-state index is 0.360.